The number of benzene rings is 1. The van der Waals surface area contributed by atoms with Crippen molar-refractivity contribution in [2.75, 3.05) is 20.1 Å². The maximum absolute atomic E-state index is 12.9. The van der Waals surface area contributed by atoms with Crippen LogP contribution in [-0.4, -0.2) is 57.6 Å². The number of aromatic nitrogens is 2. The molecule has 2 saturated heterocycles. The Hall–Kier alpha value is -2.42. The molecule has 4 atom stereocenters. The van der Waals surface area contributed by atoms with Crippen molar-refractivity contribution in [1.29, 1.82) is 0 Å². The molecular formula is C27H31ClN4O3S. The van der Waals surface area contributed by atoms with Crippen LogP contribution in [0.15, 0.2) is 18.2 Å². The highest BCUT2D eigenvalue weighted by Gasteiger charge is 2.72. The molecule has 0 spiro atoms. The number of likely N-dealkylation sites (N-methyl/N-ethyl adjacent to an activating group) is 1. The van der Waals surface area contributed by atoms with E-state index in [-0.39, 0.29) is 35.2 Å². The molecule has 2 amide bonds. The molecule has 3 aliphatic rings. The number of amides is 2. The Morgan fingerprint density at radius 2 is 1.83 bits per heavy atom. The molecule has 1 aromatic carbocycles. The molecule has 2 aromatic heterocycles. The van der Waals surface area contributed by atoms with Gasteiger partial charge in [-0.15, -0.1) is 11.3 Å². The van der Waals surface area contributed by atoms with Gasteiger partial charge < -0.3 is 9.64 Å². The van der Waals surface area contributed by atoms with Crippen LogP contribution >= 0.6 is 22.9 Å². The van der Waals surface area contributed by atoms with Crippen LogP contribution in [0.4, 0.5) is 0 Å². The van der Waals surface area contributed by atoms with E-state index >= 15 is 0 Å². The summed E-state index contributed by atoms with van der Waals surface area (Å²) in [6.07, 6.45) is 0.0964. The monoisotopic (exact) mass is 526 g/mol. The van der Waals surface area contributed by atoms with Crippen LogP contribution in [0.1, 0.15) is 31.2 Å². The Morgan fingerprint density at radius 3 is 2.47 bits per heavy atom. The van der Waals surface area contributed by atoms with Crippen molar-refractivity contribution in [3.8, 4) is 17.0 Å². The van der Waals surface area contributed by atoms with E-state index in [1.165, 1.54) is 4.90 Å². The van der Waals surface area contributed by atoms with Crippen LogP contribution in [0.5, 0.6) is 5.75 Å². The van der Waals surface area contributed by atoms with E-state index in [0.717, 1.165) is 50.8 Å². The molecule has 4 unspecified atom stereocenters. The molecule has 0 radical (unpaired) electrons. The van der Waals surface area contributed by atoms with Gasteiger partial charge in [-0.3, -0.25) is 19.2 Å². The summed E-state index contributed by atoms with van der Waals surface area (Å²) in [5.74, 6) is 0.835. The summed E-state index contributed by atoms with van der Waals surface area (Å²) in [4.78, 5) is 30.4. The van der Waals surface area contributed by atoms with E-state index in [0.29, 0.717) is 17.5 Å². The van der Waals surface area contributed by atoms with Gasteiger partial charge in [0.25, 0.3) is 0 Å². The Bertz CT molecular complexity index is 1400. The number of piperidine rings is 1. The molecule has 7 nitrogen and oxygen atoms in total. The maximum Gasteiger partial charge on any atom is 0.234 e. The van der Waals surface area contributed by atoms with Crippen molar-refractivity contribution < 1.29 is 14.3 Å². The lowest BCUT2D eigenvalue weighted by molar-refractivity contribution is -0.143. The lowest BCUT2D eigenvalue weighted by Crippen LogP contribution is -2.35. The number of thiophene rings is 1. The number of carbonyl (C=O) groups is 2. The summed E-state index contributed by atoms with van der Waals surface area (Å²) in [5.41, 5.74) is 3.48. The normalized spacial score (nSPS) is 27.4. The molecule has 4 heterocycles. The Labute approximate surface area is 219 Å². The Kier molecular flexibility index (Phi) is 5.35. The standard InChI is InChI=1S/C27H31ClN4O3S/c1-13-7-15(28)8-17(23(13)35-19-12-30(5)10-14(19)2)22-24-18(29-31(22)6)9-16(36-24)11-32-25(33)20-21(26(32)34)27(20,3)4/h7-9,14,19-21H,10-12H2,1-6H3. The molecule has 0 N–H and O–H groups in total. The highest BCUT2D eigenvalue weighted by molar-refractivity contribution is 7.19. The van der Waals surface area contributed by atoms with E-state index in [1.54, 1.807) is 11.3 Å². The fourth-order valence-corrected chi connectivity index (χ4v) is 7.70. The Morgan fingerprint density at radius 1 is 1.14 bits per heavy atom. The summed E-state index contributed by atoms with van der Waals surface area (Å²) in [6, 6.07) is 5.88. The third-order valence-electron chi connectivity index (χ3n) is 8.26. The topological polar surface area (TPSA) is 67.7 Å². The molecule has 2 aliphatic heterocycles. The van der Waals surface area contributed by atoms with Crippen molar-refractivity contribution in [1.82, 2.24) is 19.6 Å². The zero-order valence-electron chi connectivity index (χ0n) is 21.5. The first-order chi connectivity index (χ1) is 17.0. The highest BCUT2D eigenvalue weighted by Crippen LogP contribution is 2.63. The number of hydrogen-bond acceptors (Lipinski definition) is 6. The first-order valence-corrected chi connectivity index (χ1v) is 13.6. The van der Waals surface area contributed by atoms with E-state index in [1.807, 2.05) is 50.7 Å². The van der Waals surface area contributed by atoms with Crippen LogP contribution < -0.4 is 4.74 Å². The number of ether oxygens (including phenoxy) is 1. The van der Waals surface area contributed by atoms with Crippen molar-refractivity contribution in [3.63, 3.8) is 0 Å². The molecule has 1 aliphatic carbocycles. The number of rotatable bonds is 5. The largest absolute Gasteiger partial charge is 0.488 e. The zero-order chi connectivity index (χ0) is 25.7. The van der Waals surface area contributed by atoms with Crippen LogP contribution in [0.3, 0.4) is 0 Å². The number of fused-ring (bicyclic) bond motifs is 2. The smallest absolute Gasteiger partial charge is 0.234 e. The van der Waals surface area contributed by atoms with Gasteiger partial charge in [-0.25, -0.2) is 0 Å². The summed E-state index contributed by atoms with van der Waals surface area (Å²) in [6.45, 7) is 10.4. The quantitative estimate of drug-likeness (QED) is 0.449. The first kappa shape index (κ1) is 23.9. The number of aryl methyl sites for hydroxylation is 2. The fraction of sp³-hybridized carbons (Fsp3) is 0.519. The zero-order valence-corrected chi connectivity index (χ0v) is 23.0. The van der Waals surface area contributed by atoms with Crippen molar-refractivity contribution in [2.24, 2.45) is 30.2 Å². The van der Waals surface area contributed by atoms with Crippen LogP contribution in [0.25, 0.3) is 21.5 Å². The van der Waals surface area contributed by atoms with Gasteiger partial charge in [-0.2, -0.15) is 5.10 Å². The second-order valence-electron chi connectivity index (χ2n) is 11.4. The average molecular weight is 527 g/mol. The second kappa shape index (κ2) is 8.04. The molecular weight excluding hydrogens is 496 g/mol. The van der Waals surface area contributed by atoms with Gasteiger partial charge in [-0.1, -0.05) is 32.4 Å². The second-order valence-corrected chi connectivity index (χ2v) is 13.0. The lowest BCUT2D eigenvalue weighted by atomic mass is 10.0. The van der Waals surface area contributed by atoms with Gasteiger partial charge >= 0.3 is 0 Å². The van der Waals surface area contributed by atoms with Gasteiger partial charge in [0.15, 0.2) is 0 Å². The fourth-order valence-electron chi connectivity index (χ4n) is 6.26. The number of nitrogens with zero attached hydrogens (tertiary/aromatic N) is 4. The summed E-state index contributed by atoms with van der Waals surface area (Å²) < 4.78 is 9.52. The summed E-state index contributed by atoms with van der Waals surface area (Å²) in [7, 11) is 4.05. The summed E-state index contributed by atoms with van der Waals surface area (Å²) in [5, 5.41) is 5.41. The molecule has 9 heteroatoms. The maximum atomic E-state index is 12.9. The number of halogens is 1. The van der Waals surface area contributed by atoms with Gasteiger partial charge in [-0.05, 0) is 43.1 Å². The van der Waals surface area contributed by atoms with Crippen LogP contribution in [0, 0.1) is 30.1 Å². The summed E-state index contributed by atoms with van der Waals surface area (Å²) >= 11 is 8.11. The highest BCUT2D eigenvalue weighted by atomic mass is 35.5. The number of carbonyl (C=O) groups excluding carboxylic acids is 2. The lowest BCUT2D eigenvalue weighted by Gasteiger charge is -2.22. The van der Waals surface area contributed by atoms with E-state index in [2.05, 4.69) is 18.9 Å². The van der Waals surface area contributed by atoms with Crippen molar-refractivity contribution >= 4 is 45.0 Å². The number of likely N-dealkylation sites (tertiary alicyclic amines) is 2. The predicted octanol–water partition coefficient (Wildman–Crippen LogP) is 4.73. The van der Waals surface area contributed by atoms with Gasteiger partial charge in [0.2, 0.25) is 11.8 Å². The third-order valence-corrected chi connectivity index (χ3v) is 9.59. The minimum absolute atomic E-state index is 0.0429. The van der Waals surface area contributed by atoms with Crippen LogP contribution in [-0.2, 0) is 23.2 Å². The molecule has 190 valence electrons. The minimum Gasteiger partial charge on any atom is -0.488 e. The molecule has 3 fully saturated rings. The number of imide groups is 1. The van der Waals surface area contributed by atoms with E-state index in [9.17, 15) is 9.59 Å². The minimum atomic E-state index is -0.201. The van der Waals surface area contributed by atoms with E-state index in [4.69, 9.17) is 21.4 Å². The van der Waals surface area contributed by atoms with Gasteiger partial charge in [0, 0.05) is 41.5 Å². The van der Waals surface area contributed by atoms with E-state index < -0.39 is 0 Å². The SMILES string of the molecule is Cc1cc(Cl)cc(-c2c3sc(CN4C(=O)C5C(C4=O)C5(C)C)cc3nn2C)c1OC1CN(C)CC1C. The van der Waals surface area contributed by atoms with Gasteiger partial charge in [0.1, 0.15) is 17.4 Å². The molecule has 0 bridgehead atoms. The van der Waals surface area contributed by atoms with Crippen molar-refractivity contribution in [3.05, 3.63) is 33.7 Å². The average Bonchev–Trinajstić information content (AvgIpc) is 3.15. The first-order valence-electron chi connectivity index (χ1n) is 12.4. The predicted molar refractivity (Wildman–Crippen MR) is 141 cm³/mol. The Balaban J connectivity index is 1.36. The van der Waals surface area contributed by atoms with Crippen molar-refractivity contribution in [2.45, 2.75) is 40.3 Å². The third kappa shape index (κ3) is 3.52. The number of hydrogen-bond donors (Lipinski definition) is 0. The van der Waals surface area contributed by atoms with Gasteiger partial charge in [0.05, 0.1) is 28.8 Å². The molecule has 3 aromatic rings. The molecule has 1 saturated carbocycles. The van der Waals surface area contributed by atoms with Crippen LogP contribution in [0.2, 0.25) is 5.02 Å². The molecule has 36 heavy (non-hydrogen) atoms. The molecule has 6 rings (SSSR count).